The van der Waals surface area contributed by atoms with Gasteiger partial charge in [0.2, 0.25) is 0 Å². The first-order valence-corrected chi connectivity index (χ1v) is 5.85. The second kappa shape index (κ2) is 4.57. The van der Waals surface area contributed by atoms with Crippen molar-refractivity contribution in [2.45, 2.75) is 26.8 Å². The van der Waals surface area contributed by atoms with E-state index in [-0.39, 0.29) is 10.6 Å². The molecule has 1 atom stereocenters. The van der Waals surface area contributed by atoms with Gasteiger partial charge in [0.1, 0.15) is 0 Å². The summed E-state index contributed by atoms with van der Waals surface area (Å²) in [4.78, 5) is 10.6. The van der Waals surface area contributed by atoms with Gasteiger partial charge in [0, 0.05) is 18.8 Å². The molecule has 0 amide bonds. The fourth-order valence-electron chi connectivity index (χ4n) is 1.99. The number of hydrogen-bond donors (Lipinski definition) is 0. The molecule has 0 radical (unpaired) electrons. The van der Waals surface area contributed by atoms with Gasteiger partial charge in [-0.2, -0.15) is 0 Å². The first-order chi connectivity index (χ1) is 8.13. The molecule has 0 fully saturated rings. The first-order valence-electron chi connectivity index (χ1n) is 5.85. The van der Waals surface area contributed by atoms with Crippen LogP contribution in [0.5, 0.6) is 0 Å². The van der Waals surface area contributed by atoms with E-state index in [1.165, 1.54) is 0 Å². The van der Waals surface area contributed by atoms with Crippen LogP contribution < -0.4 is 0 Å². The monoisotopic (exact) mass is 232 g/mol. The van der Waals surface area contributed by atoms with Crippen molar-refractivity contribution in [1.82, 2.24) is 4.57 Å². The lowest BCUT2D eigenvalue weighted by molar-refractivity contribution is -0.383. The molecular formula is C13H16N2O2. The van der Waals surface area contributed by atoms with Gasteiger partial charge in [-0.25, -0.2) is 0 Å². The summed E-state index contributed by atoms with van der Waals surface area (Å²) in [6.07, 6.45) is 3.04. The third kappa shape index (κ3) is 2.16. The van der Waals surface area contributed by atoms with Gasteiger partial charge in [-0.3, -0.25) is 10.1 Å². The zero-order valence-electron chi connectivity index (χ0n) is 10.1. The zero-order chi connectivity index (χ0) is 12.4. The summed E-state index contributed by atoms with van der Waals surface area (Å²) in [5.74, 6) is 0.574. The van der Waals surface area contributed by atoms with E-state index in [2.05, 4.69) is 18.4 Å². The van der Waals surface area contributed by atoms with Crippen molar-refractivity contribution in [3.8, 4) is 0 Å². The Kier molecular flexibility index (Phi) is 3.13. The van der Waals surface area contributed by atoms with E-state index in [0.717, 1.165) is 23.9 Å². The van der Waals surface area contributed by atoms with Crippen LogP contribution in [0.3, 0.4) is 0 Å². The minimum Gasteiger partial charge on any atom is -0.347 e. The topological polar surface area (TPSA) is 48.1 Å². The van der Waals surface area contributed by atoms with Gasteiger partial charge >= 0.3 is 0 Å². The van der Waals surface area contributed by atoms with Crippen LogP contribution in [0.15, 0.2) is 30.5 Å². The summed E-state index contributed by atoms with van der Waals surface area (Å²) in [5, 5.41) is 11.6. The third-order valence-corrected chi connectivity index (χ3v) is 3.19. The van der Waals surface area contributed by atoms with Crippen molar-refractivity contribution in [1.29, 1.82) is 0 Å². The van der Waals surface area contributed by atoms with Crippen LogP contribution in [0.1, 0.15) is 20.3 Å². The van der Waals surface area contributed by atoms with Crippen LogP contribution in [0, 0.1) is 16.0 Å². The van der Waals surface area contributed by atoms with Gasteiger partial charge in [0.15, 0.2) is 0 Å². The number of nitrogens with zero attached hydrogens (tertiary/aromatic N) is 2. The molecule has 2 rings (SSSR count). The molecular weight excluding hydrogens is 216 g/mol. The maximum Gasteiger partial charge on any atom is 0.278 e. The maximum absolute atomic E-state index is 10.9. The molecule has 0 aliphatic carbocycles. The lowest BCUT2D eigenvalue weighted by atomic mass is 10.1. The number of hydrogen-bond acceptors (Lipinski definition) is 2. The Morgan fingerprint density at radius 2 is 2.18 bits per heavy atom. The van der Waals surface area contributed by atoms with Crippen molar-refractivity contribution in [3.63, 3.8) is 0 Å². The molecule has 0 aliphatic heterocycles. The molecule has 0 saturated heterocycles. The molecule has 1 aromatic heterocycles. The summed E-state index contributed by atoms with van der Waals surface area (Å²) in [6.45, 7) is 5.24. The second-order valence-electron chi connectivity index (χ2n) is 4.45. The Bertz CT molecular complexity index is 545. The highest BCUT2D eigenvalue weighted by molar-refractivity contribution is 5.89. The highest BCUT2D eigenvalue weighted by Gasteiger charge is 2.14. The smallest absolute Gasteiger partial charge is 0.278 e. The molecule has 1 unspecified atom stereocenters. The highest BCUT2D eigenvalue weighted by Crippen LogP contribution is 2.26. The van der Waals surface area contributed by atoms with Crippen LogP contribution >= 0.6 is 0 Å². The molecule has 0 saturated carbocycles. The van der Waals surface area contributed by atoms with Crippen molar-refractivity contribution < 1.29 is 4.92 Å². The van der Waals surface area contributed by atoms with Crippen LogP contribution in [0.25, 0.3) is 10.9 Å². The van der Waals surface area contributed by atoms with E-state index in [9.17, 15) is 10.1 Å². The lowest BCUT2D eigenvalue weighted by Gasteiger charge is -2.10. The van der Waals surface area contributed by atoms with Crippen LogP contribution in [-0.4, -0.2) is 9.49 Å². The van der Waals surface area contributed by atoms with Crippen LogP contribution in [-0.2, 0) is 6.54 Å². The molecule has 17 heavy (non-hydrogen) atoms. The van der Waals surface area contributed by atoms with Crippen molar-refractivity contribution in [2.75, 3.05) is 0 Å². The average molecular weight is 232 g/mol. The van der Waals surface area contributed by atoms with Gasteiger partial charge in [-0.05, 0) is 18.1 Å². The molecule has 0 aliphatic rings. The molecule has 90 valence electrons. The Morgan fingerprint density at radius 1 is 1.41 bits per heavy atom. The molecule has 0 bridgehead atoms. The third-order valence-electron chi connectivity index (χ3n) is 3.19. The zero-order valence-corrected chi connectivity index (χ0v) is 10.1. The number of non-ortho nitro benzene ring substituents is 1. The molecule has 0 spiro atoms. The van der Waals surface area contributed by atoms with E-state index >= 15 is 0 Å². The number of rotatable bonds is 4. The molecule has 2 aromatic rings. The largest absolute Gasteiger partial charge is 0.347 e. The average Bonchev–Trinajstić information content (AvgIpc) is 2.72. The fourth-order valence-corrected chi connectivity index (χ4v) is 1.99. The quantitative estimate of drug-likeness (QED) is 0.597. The SMILES string of the molecule is CCC(C)Cn1ccc2c([N+](=O)[O-])cccc21. The number of nitro benzene ring substituents is 1. The van der Waals surface area contributed by atoms with Crippen LogP contribution in [0.2, 0.25) is 0 Å². The Labute approximate surface area is 100 Å². The van der Waals surface area contributed by atoms with Gasteiger partial charge in [-0.15, -0.1) is 0 Å². The summed E-state index contributed by atoms with van der Waals surface area (Å²) in [7, 11) is 0. The summed E-state index contributed by atoms with van der Waals surface area (Å²) >= 11 is 0. The van der Waals surface area contributed by atoms with Gasteiger partial charge < -0.3 is 4.57 Å². The van der Waals surface area contributed by atoms with E-state index in [1.54, 1.807) is 12.1 Å². The molecule has 1 aromatic carbocycles. The van der Waals surface area contributed by atoms with E-state index in [4.69, 9.17) is 0 Å². The Morgan fingerprint density at radius 3 is 2.82 bits per heavy atom. The molecule has 4 heteroatoms. The lowest BCUT2D eigenvalue weighted by Crippen LogP contribution is -2.05. The standard InChI is InChI=1S/C13H16N2O2/c1-3-10(2)9-14-8-7-11-12(14)5-4-6-13(11)15(16)17/h4-8,10H,3,9H2,1-2H3. The highest BCUT2D eigenvalue weighted by atomic mass is 16.6. The van der Waals surface area contributed by atoms with E-state index in [1.807, 2.05) is 18.3 Å². The Balaban J connectivity index is 2.47. The van der Waals surface area contributed by atoms with Crippen LogP contribution in [0.4, 0.5) is 5.69 Å². The Hall–Kier alpha value is -1.84. The number of aromatic nitrogens is 1. The maximum atomic E-state index is 10.9. The van der Waals surface area contributed by atoms with Gasteiger partial charge in [-0.1, -0.05) is 26.3 Å². The molecule has 4 nitrogen and oxygen atoms in total. The van der Waals surface area contributed by atoms with E-state index in [0.29, 0.717) is 5.92 Å². The minimum absolute atomic E-state index is 0.186. The number of nitro groups is 1. The summed E-state index contributed by atoms with van der Waals surface area (Å²) < 4.78 is 2.09. The summed E-state index contributed by atoms with van der Waals surface area (Å²) in [6, 6.07) is 7.06. The fraction of sp³-hybridized carbons (Fsp3) is 0.385. The number of benzene rings is 1. The number of fused-ring (bicyclic) bond motifs is 1. The van der Waals surface area contributed by atoms with Gasteiger partial charge in [0.05, 0.1) is 15.8 Å². The van der Waals surface area contributed by atoms with Crippen molar-refractivity contribution >= 4 is 16.6 Å². The van der Waals surface area contributed by atoms with Crippen molar-refractivity contribution in [3.05, 3.63) is 40.6 Å². The predicted molar refractivity (Wildman–Crippen MR) is 68.0 cm³/mol. The molecule has 0 N–H and O–H groups in total. The van der Waals surface area contributed by atoms with Gasteiger partial charge in [0.25, 0.3) is 5.69 Å². The minimum atomic E-state index is -0.323. The molecule has 1 heterocycles. The first kappa shape index (κ1) is 11.6. The summed E-state index contributed by atoms with van der Waals surface area (Å²) in [5.41, 5.74) is 1.13. The predicted octanol–water partition coefficient (Wildman–Crippen LogP) is 3.60. The van der Waals surface area contributed by atoms with Crippen molar-refractivity contribution in [2.24, 2.45) is 5.92 Å². The normalized spacial score (nSPS) is 12.8. The second-order valence-corrected chi connectivity index (χ2v) is 4.45. The van der Waals surface area contributed by atoms with E-state index < -0.39 is 0 Å².